The highest BCUT2D eigenvalue weighted by atomic mass is 79.9. The summed E-state index contributed by atoms with van der Waals surface area (Å²) in [5.41, 5.74) is 6.20. The van der Waals surface area contributed by atoms with E-state index < -0.39 is 6.43 Å². The molecule has 0 saturated heterocycles. The molecule has 0 amide bonds. The van der Waals surface area contributed by atoms with Crippen LogP contribution >= 0.6 is 15.9 Å². The first-order chi connectivity index (χ1) is 5.54. The lowest BCUT2D eigenvalue weighted by molar-refractivity contribution is 0.145. The van der Waals surface area contributed by atoms with Gasteiger partial charge in [-0.2, -0.15) is 0 Å². The Balaban J connectivity index is 3.27. The van der Waals surface area contributed by atoms with Crippen molar-refractivity contribution < 1.29 is 8.78 Å². The topological polar surface area (TPSA) is 38.9 Å². The molecule has 0 unspecified atom stereocenters. The zero-order valence-corrected chi connectivity index (χ0v) is 7.90. The molecule has 2 nitrogen and oxygen atoms in total. The largest absolute Gasteiger partial charge is 0.397 e. The van der Waals surface area contributed by atoms with E-state index in [9.17, 15) is 8.78 Å². The summed E-state index contributed by atoms with van der Waals surface area (Å²) in [5, 5.41) is 0. The van der Waals surface area contributed by atoms with E-state index in [1.165, 1.54) is 6.20 Å². The lowest BCUT2D eigenvalue weighted by Crippen LogP contribution is -1.99. The quantitative estimate of drug-likeness (QED) is 0.815. The molecular weight excluding hydrogens is 230 g/mol. The number of aryl methyl sites for hydroxylation is 1. The number of alkyl halides is 2. The van der Waals surface area contributed by atoms with Gasteiger partial charge in [0.2, 0.25) is 0 Å². The zero-order chi connectivity index (χ0) is 9.30. The van der Waals surface area contributed by atoms with E-state index in [4.69, 9.17) is 5.73 Å². The molecule has 0 spiro atoms. The number of anilines is 1. The van der Waals surface area contributed by atoms with Gasteiger partial charge in [-0.1, -0.05) is 0 Å². The van der Waals surface area contributed by atoms with Crippen molar-refractivity contribution in [1.29, 1.82) is 0 Å². The third-order valence-corrected chi connectivity index (χ3v) is 2.32. The second-order valence-corrected chi connectivity index (χ2v) is 3.15. The summed E-state index contributed by atoms with van der Waals surface area (Å²) in [4.78, 5) is 3.56. The van der Waals surface area contributed by atoms with Crippen molar-refractivity contribution in [1.82, 2.24) is 4.98 Å². The van der Waals surface area contributed by atoms with Crippen LogP contribution in [0, 0.1) is 6.92 Å². The normalized spacial score (nSPS) is 10.8. The van der Waals surface area contributed by atoms with Crippen LogP contribution in [0.1, 0.15) is 17.7 Å². The van der Waals surface area contributed by atoms with E-state index in [2.05, 4.69) is 20.9 Å². The lowest BCUT2D eigenvalue weighted by Gasteiger charge is -2.06. The molecule has 1 rings (SSSR count). The molecule has 1 aromatic rings. The first kappa shape index (κ1) is 9.38. The van der Waals surface area contributed by atoms with Crippen LogP contribution in [-0.4, -0.2) is 4.98 Å². The minimum atomic E-state index is -2.60. The number of aromatic nitrogens is 1. The third kappa shape index (κ3) is 1.55. The van der Waals surface area contributed by atoms with Crippen LogP contribution in [0.4, 0.5) is 14.5 Å². The standard InChI is InChI=1S/C7H7BrF2N2/c1-3-2-12-6(7(9)10)4(8)5(3)11/h2,7H,1H3,(H2,11,12). The Hall–Kier alpha value is -0.710. The van der Waals surface area contributed by atoms with Crippen molar-refractivity contribution in [3.63, 3.8) is 0 Å². The van der Waals surface area contributed by atoms with E-state index in [0.717, 1.165) is 0 Å². The minimum absolute atomic E-state index is 0.192. The second kappa shape index (κ2) is 3.35. The average molecular weight is 237 g/mol. The van der Waals surface area contributed by atoms with Crippen LogP contribution in [-0.2, 0) is 0 Å². The van der Waals surface area contributed by atoms with E-state index in [1.807, 2.05) is 0 Å². The van der Waals surface area contributed by atoms with Crippen LogP contribution in [0.2, 0.25) is 0 Å². The zero-order valence-electron chi connectivity index (χ0n) is 6.31. The highest BCUT2D eigenvalue weighted by molar-refractivity contribution is 9.10. The Kier molecular flexibility index (Phi) is 2.62. The number of nitrogens with zero attached hydrogens (tertiary/aromatic N) is 1. The number of nitrogen functional groups attached to an aromatic ring is 1. The Bertz CT molecular complexity index is 302. The summed E-state index contributed by atoms with van der Waals surface area (Å²) in [6, 6.07) is 0. The summed E-state index contributed by atoms with van der Waals surface area (Å²) in [6.45, 7) is 1.71. The maximum absolute atomic E-state index is 12.2. The number of rotatable bonds is 1. The van der Waals surface area contributed by atoms with Gasteiger partial charge in [0, 0.05) is 6.20 Å². The van der Waals surface area contributed by atoms with Gasteiger partial charge < -0.3 is 5.73 Å². The fraction of sp³-hybridized carbons (Fsp3) is 0.286. The average Bonchev–Trinajstić information content (AvgIpc) is 2.00. The van der Waals surface area contributed by atoms with E-state index in [0.29, 0.717) is 11.3 Å². The smallest absolute Gasteiger partial charge is 0.281 e. The number of hydrogen-bond acceptors (Lipinski definition) is 2. The van der Waals surface area contributed by atoms with Crippen molar-refractivity contribution in [3.05, 3.63) is 21.9 Å². The molecule has 0 atom stereocenters. The predicted molar refractivity (Wildman–Crippen MR) is 46.0 cm³/mol. The van der Waals surface area contributed by atoms with Gasteiger partial charge in [0.25, 0.3) is 6.43 Å². The Morgan fingerprint density at radius 1 is 1.58 bits per heavy atom. The molecule has 0 radical (unpaired) electrons. The minimum Gasteiger partial charge on any atom is -0.397 e. The molecular formula is C7H7BrF2N2. The Morgan fingerprint density at radius 3 is 2.67 bits per heavy atom. The van der Waals surface area contributed by atoms with Crippen LogP contribution in [0.15, 0.2) is 10.7 Å². The maximum atomic E-state index is 12.2. The third-order valence-electron chi connectivity index (χ3n) is 1.49. The lowest BCUT2D eigenvalue weighted by atomic mass is 10.2. The summed E-state index contributed by atoms with van der Waals surface area (Å²) in [7, 11) is 0. The molecule has 1 heterocycles. The predicted octanol–water partition coefficient (Wildman–Crippen LogP) is 2.67. The number of hydrogen-bond donors (Lipinski definition) is 1. The van der Waals surface area contributed by atoms with Gasteiger partial charge in [0.1, 0.15) is 5.69 Å². The first-order valence-corrected chi connectivity index (χ1v) is 4.02. The second-order valence-electron chi connectivity index (χ2n) is 2.35. The molecule has 5 heteroatoms. The van der Waals surface area contributed by atoms with E-state index in [1.54, 1.807) is 6.92 Å². The Labute approximate surface area is 76.9 Å². The molecule has 1 aromatic heterocycles. The SMILES string of the molecule is Cc1cnc(C(F)F)c(Br)c1N. The molecule has 66 valence electrons. The van der Waals surface area contributed by atoms with Gasteiger partial charge in [-0.15, -0.1) is 0 Å². The van der Waals surface area contributed by atoms with Crippen molar-refractivity contribution in [2.45, 2.75) is 13.3 Å². The number of nitrogens with two attached hydrogens (primary N) is 1. The monoisotopic (exact) mass is 236 g/mol. The maximum Gasteiger partial charge on any atom is 0.281 e. The van der Waals surface area contributed by atoms with Crippen LogP contribution in [0.25, 0.3) is 0 Å². The van der Waals surface area contributed by atoms with Gasteiger partial charge in [-0.3, -0.25) is 4.98 Å². The fourth-order valence-electron chi connectivity index (χ4n) is 0.756. The van der Waals surface area contributed by atoms with Crippen molar-refractivity contribution in [2.24, 2.45) is 0 Å². The fourth-order valence-corrected chi connectivity index (χ4v) is 1.34. The van der Waals surface area contributed by atoms with Crippen molar-refractivity contribution in [3.8, 4) is 0 Å². The van der Waals surface area contributed by atoms with Crippen LogP contribution in [0.5, 0.6) is 0 Å². The van der Waals surface area contributed by atoms with Crippen molar-refractivity contribution >= 4 is 21.6 Å². The van der Waals surface area contributed by atoms with Crippen LogP contribution in [0.3, 0.4) is 0 Å². The van der Waals surface area contributed by atoms with Gasteiger partial charge in [-0.05, 0) is 28.4 Å². The molecule has 0 aliphatic heterocycles. The molecule has 12 heavy (non-hydrogen) atoms. The summed E-state index contributed by atoms with van der Waals surface area (Å²) in [5.74, 6) is 0. The van der Waals surface area contributed by atoms with Gasteiger partial charge >= 0.3 is 0 Å². The molecule has 0 fully saturated rings. The molecule has 0 aromatic carbocycles. The summed E-state index contributed by atoms with van der Waals surface area (Å²) in [6.07, 6.45) is -1.26. The molecule has 0 bridgehead atoms. The number of pyridine rings is 1. The van der Waals surface area contributed by atoms with Crippen LogP contribution < -0.4 is 5.73 Å². The molecule has 0 aliphatic carbocycles. The van der Waals surface area contributed by atoms with Gasteiger partial charge in [-0.25, -0.2) is 8.78 Å². The highest BCUT2D eigenvalue weighted by Gasteiger charge is 2.15. The van der Waals surface area contributed by atoms with E-state index in [-0.39, 0.29) is 10.2 Å². The van der Waals surface area contributed by atoms with Gasteiger partial charge in [0.15, 0.2) is 0 Å². The molecule has 2 N–H and O–H groups in total. The van der Waals surface area contributed by atoms with Gasteiger partial charge in [0.05, 0.1) is 10.2 Å². The Morgan fingerprint density at radius 2 is 2.17 bits per heavy atom. The molecule has 0 aliphatic rings. The first-order valence-electron chi connectivity index (χ1n) is 3.22. The molecule has 0 saturated carbocycles. The summed E-state index contributed by atoms with van der Waals surface area (Å²) >= 11 is 2.96. The summed E-state index contributed by atoms with van der Waals surface area (Å²) < 4.78 is 24.6. The number of halogens is 3. The van der Waals surface area contributed by atoms with Crippen molar-refractivity contribution in [2.75, 3.05) is 5.73 Å². The highest BCUT2D eigenvalue weighted by Crippen LogP contribution is 2.31. The van der Waals surface area contributed by atoms with E-state index >= 15 is 0 Å².